The first-order chi connectivity index (χ1) is 9.54. The molecule has 1 saturated heterocycles. The van der Waals surface area contributed by atoms with Crippen molar-refractivity contribution in [2.75, 3.05) is 19.8 Å². The number of oxime groups is 1. The fourth-order valence-corrected chi connectivity index (χ4v) is 2.32. The molecule has 0 radical (unpaired) electrons. The van der Waals surface area contributed by atoms with Gasteiger partial charge in [0, 0.05) is 36.7 Å². The van der Waals surface area contributed by atoms with Crippen LogP contribution >= 0.6 is 11.6 Å². The highest BCUT2D eigenvalue weighted by Crippen LogP contribution is 2.20. The van der Waals surface area contributed by atoms with Crippen molar-refractivity contribution in [3.05, 3.63) is 34.3 Å². The Hall–Kier alpha value is -1.34. The smallest absolute Gasteiger partial charge is 0.170 e. The molecule has 5 N–H and O–H groups in total. The van der Waals surface area contributed by atoms with E-state index < -0.39 is 5.60 Å². The molecule has 1 aromatic carbocycles. The van der Waals surface area contributed by atoms with Crippen LogP contribution in [0.25, 0.3) is 0 Å². The van der Waals surface area contributed by atoms with E-state index in [2.05, 4.69) is 10.5 Å². The van der Waals surface area contributed by atoms with Crippen LogP contribution in [0.1, 0.15) is 17.5 Å². The quantitative estimate of drug-likeness (QED) is 0.277. The number of halogens is 1. The number of aliphatic hydroxyl groups is 1. The van der Waals surface area contributed by atoms with Gasteiger partial charge in [-0.05, 0) is 11.6 Å². The Morgan fingerprint density at radius 1 is 1.55 bits per heavy atom. The van der Waals surface area contributed by atoms with E-state index in [-0.39, 0.29) is 5.84 Å². The molecular weight excluding hydrogens is 282 g/mol. The van der Waals surface area contributed by atoms with Crippen LogP contribution in [0.4, 0.5) is 0 Å². The summed E-state index contributed by atoms with van der Waals surface area (Å²) in [5.41, 5.74) is 6.14. The number of nitrogens with two attached hydrogens (primary N) is 1. The van der Waals surface area contributed by atoms with Crippen LogP contribution in [-0.4, -0.2) is 41.5 Å². The third kappa shape index (κ3) is 3.61. The highest BCUT2D eigenvalue weighted by molar-refractivity contribution is 6.31. The van der Waals surface area contributed by atoms with Crippen LogP contribution < -0.4 is 11.1 Å². The van der Waals surface area contributed by atoms with E-state index in [0.29, 0.717) is 43.3 Å². The second kappa shape index (κ2) is 6.41. The molecule has 7 heteroatoms. The van der Waals surface area contributed by atoms with Crippen molar-refractivity contribution in [3.8, 4) is 0 Å². The summed E-state index contributed by atoms with van der Waals surface area (Å²) in [6, 6.07) is 5.17. The largest absolute Gasteiger partial charge is 0.409 e. The normalized spacial score (nSPS) is 23.2. The van der Waals surface area contributed by atoms with E-state index in [1.54, 1.807) is 18.2 Å². The minimum atomic E-state index is -0.791. The summed E-state index contributed by atoms with van der Waals surface area (Å²) in [6.45, 7) is 1.92. The first-order valence-electron chi connectivity index (χ1n) is 6.31. The molecule has 1 aliphatic rings. The number of hydrogen-bond acceptors (Lipinski definition) is 5. The molecule has 1 unspecified atom stereocenters. The Balaban J connectivity index is 1.93. The van der Waals surface area contributed by atoms with Crippen LogP contribution in [0, 0.1) is 0 Å². The van der Waals surface area contributed by atoms with Gasteiger partial charge in [0.1, 0.15) is 5.60 Å². The maximum atomic E-state index is 10.1. The molecule has 1 heterocycles. The highest BCUT2D eigenvalue weighted by atomic mass is 35.5. The molecule has 1 aliphatic heterocycles. The molecule has 1 atom stereocenters. The fraction of sp³-hybridized carbons (Fsp3) is 0.462. The number of amidine groups is 1. The second-order valence-corrected chi connectivity index (χ2v) is 5.33. The van der Waals surface area contributed by atoms with Crippen molar-refractivity contribution in [2.24, 2.45) is 10.9 Å². The summed E-state index contributed by atoms with van der Waals surface area (Å²) < 4.78 is 5.17. The van der Waals surface area contributed by atoms with Gasteiger partial charge in [-0.1, -0.05) is 28.9 Å². The number of rotatable bonds is 5. The van der Waals surface area contributed by atoms with Crippen molar-refractivity contribution in [1.82, 2.24) is 5.32 Å². The lowest BCUT2D eigenvalue weighted by Gasteiger charge is -2.21. The summed E-state index contributed by atoms with van der Waals surface area (Å²) in [5.74, 6) is 0.0174. The lowest BCUT2D eigenvalue weighted by Crippen LogP contribution is -2.40. The van der Waals surface area contributed by atoms with Crippen LogP contribution in [0.5, 0.6) is 0 Å². The molecule has 0 aliphatic carbocycles. The van der Waals surface area contributed by atoms with Gasteiger partial charge in [0.15, 0.2) is 5.84 Å². The third-order valence-corrected chi connectivity index (χ3v) is 3.66. The number of nitrogens with zero attached hydrogens (tertiary/aromatic N) is 1. The minimum Gasteiger partial charge on any atom is -0.409 e. The minimum absolute atomic E-state index is 0.0174. The van der Waals surface area contributed by atoms with Gasteiger partial charge in [0.05, 0.1) is 6.61 Å². The first kappa shape index (κ1) is 15.1. The predicted molar refractivity (Wildman–Crippen MR) is 76.1 cm³/mol. The van der Waals surface area contributed by atoms with Gasteiger partial charge in [-0.3, -0.25) is 0 Å². The summed E-state index contributed by atoms with van der Waals surface area (Å²) in [6.07, 6.45) is 0.635. The molecule has 110 valence electrons. The molecule has 0 bridgehead atoms. The van der Waals surface area contributed by atoms with Crippen LogP contribution in [0.3, 0.4) is 0 Å². The monoisotopic (exact) mass is 299 g/mol. The Kier molecular flexibility index (Phi) is 4.82. The van der Waals surface area contributed by atoms with E-state index in [0.717, 1.165) is 5.56 Å². The topological polar surface area (TPSA) is 100 Å². The average molecular weight is 300 g/mol. The fourth-order valence-electron chi connectivity index (χ4n) is 2.07. The number of hydrogen-bond donors (Lipinski definition) is 4. The summed E-state index contributed by atoms with van der Waals surface area (Å²) in [7, 11) is 0. The second-order valence-electron chi connectivity index (χ2n) is 4.92. The van der Waals surface area contributed by atoms with Gasteiger partial charge in [-0.15, -0.1) is 0 Å². The molecule has 20 heavy (non-hydrogen) atoms. The zero-order valence-electron chi connectivity index (χ0n) is 11.0. The standard InChI is InChI=1S/C13H18ClN3O3/c14-11-5-9(12(15)17-19)1-2-10(11)6-16-7-13(18)3-4-20-8-13/h1-2,5,16,18-19H,3-4,6-8H2,(H2,15,17). The van der Waals surface area contributed by atoms with E-state index >= 15 is 0 Å². The lowest BCUT2D eigenvalue weighted by atomic mass is 10.0. The molecule has 1 aromatic rings. The number of nitrogens with one attached hydrogen (secondary N) is 1. The number of benzene rings is 1. The molecular formula is C13H18ClN3O3. The SMILES string of the molecule is N/C(=N/O)c1ccc(CNCC2(O)CCOC2)c(Cl)c1. The Morgan fingerprint density at radius 2 is 2.35 bits per heavy atom. The van der Waals surface area contributed by atoms with Crippen LogP contribution in [0.15, 0.2) is 23.4 Å². The molecule has 1 fully saturated rings. The van der Waals surface area contributed by atoms with E-state index in [9.17, 15) is 5.11 Å². The van der Waals surface area contributed by atoms with Crippen molar-refractivity contribution < 1.29 is 15.1 Å². The average Bonchev–Trinajstić information content (AvgIpc) is 2.86. The van der Waals surface area contributed by atoms with Gasteiger partial charge >= 0.3 is 0 Å². The van der Waals surface area contributed by atoms with Crippen LogP contribution in [-0.2, 0) is 11.3 Å². The summed E-state index contributed by atoms with van der Waals surface area (Å²) in [4.78, 5) is 0. The zero-order chi connectivity index (χ0) is 14.6. The van der Waals surface area contributed by atoms with E-state index in [1.807, 2.05) is 0 Å². The van der Waals surface area contributed by atoms with Gasteiger partial charge < -0.3 is 26.1 Å². The van der Waals surface area contributed by atoms with Crippen LogP contribution in [0.2, 0.25) is 5.02 Å². The Bertz CT molecular complexity index is 502. The van der Waals surface area contributed by atoms with Gasteiger partial charge in [-0.25, -0.2) is 0 Å². The van der Waals surface area contributed by atoms with Crippen molar-refractivity contribution in [2.45, 2.75) is 18.6 Å². The maximum Gasteiger partial charge on any atom is 0.170 e. The molecule has 0 amide bonds. The van der Waals surface area contributed by atoms with E-state index in [4.69, 9.17) is 27.3 Å². The molecule has 2 rings (SSSR count). The van der Waals surface area contributed by atoms with Crippen molar-refractivity contribution in [3.63, 3.8) is 0 Å². The van der Waals surface area contributed by atoms with Gasteiger partial charge in [-0.2, -0.15) is 0 Å². The third-order valence-electron chi connectivity index (χ3n) is 3.31. The molecule has 6 nitrogen and oxygen atoms in total. The lowest BCUT2D eigenvalue weighted by molar-refractivity contribution is 0.0268. The van der Waals surface area contributed by atoms with Gasteiger partial charge in [0.2, 0.25) is 0 Å². The maximum absolute atomic E-state index is 10.1. The van der Waals surface area contributed by atoms with E-state index in [1.165, 1.54) is 0 Å². The summed E-state index contributed by atoms with van der Waals surface area (Å²) in [5, 5.41) is 25.3. The molecule has 0 spiro atoms. The first-order valence-corrected chi connectivity index (χ1v) is 6.69. The van der Waals surface area contributed by atoms with Gasteiger partial charge in [0.25, 0.3) is 0 Å². The highest BCUT2D eigenvalue weighted by Gasteiger charge is 2.31. The zero-order valence-corrected chi connectivity index (χ0v) is 11.7. The Labute approximate surface area is 122 Å². The summed E-state index contributed by atoms with van der Waals surface area (Å²) >= 11 is 6.14. The predicted octanol–water partition coefficient (Wildman–Crippen LogP) is 0.675. The molecule has 0 aromatic heterocycles. The Morgan fingerprint density at radius 3 is 2.95 bits per heavy atom. The van der Waals surface area contributed by atoms with Crippen molar-refractivity contribution in [1.29, 1.82) is 0 Å². The van der Waals surface area contributed by atoms with Crippen molar-refractivity contribution >= 4 is 17.4 Å². The number of ether oxygens (including phenoxy) is 1. The molecule has 0 saturated carbocycles.